The van der Waals surface area contributed by atoms with Crippen LogP contribution in [0.3, 0.4) is 0 Å². The number of nitrogens with two attached hydrogens (primary N) is 1. The van der Waals surface area contributed by atoms with Crippen molar-refractivity contribution in [1.82, 2.24) is 0 Å². The van der Waals surface area contributed by atoms with Gasteiger partial charge in [-0.2, -0.15) is 0 Å². The van der Waals surface area contributed by atoms with Crippen LogP contribution in [0.4, 0.5) is 5.69 Å². The van der Waals surface area contributed by atoms with Gasteiger partial charge >= 0.3 is 0 Å². The highest BCUT2D eigenvalue weighted by Crippen LogP contribution is 2.64. The second kappa shape index (κ2) is 15.3. The highest BCUT2D eigenvalue weighted by Gasteiger charge is 2.53. The molecule has 1 spiro atoms. The molecule has 0 atom stereocenters. The fraction of sp³-hybridized carbons (Fsp3) is 0.0667. The van der Waals surface area contributed by atoms with Gasteiger partial charge in [0.15, 0.2) is 0 Å². The number of hydrogen-bond donors (Lipinski definition) is 1. The van der Waals surface area contributed by atoms with Crippen molar-refractivity contribution >= 4 is 33.3 Å². The third-order valence-corrected chi connectivity index (χ3v) is 12.9. The summed E-state index contributed by atoms with van der Waals surface area (Å²) in [5.41, 5.74) is 22.7. The average molecular weight is 782 g/mol. The second-order valence-corrected chi connectivity index (χ2v) is 16.6. The van der Waals surface area contributed by atoms with Crippen LogP contribution >= 0.6 is 0 Å². The molecule has 2 N–H and O–H groups in total. The zero-order valence-electron chi connectivity index (χ0n) is 34.6. The van der Waals surface area contributed by atoms with Crippen LogP contribution in [0.15, 0.2) is 225 Å². The van der Waals surface area contributed by atoms with Gasteiger partial charge in [0, 0.05) is 11.1 Å². The number of allylic oxidation sites excluding steroid dienone is 4. The monoisotopic (exact) mass is 781 g/mol. The van der Waals surface area contributed by atoms with Crippen molar-refractivity contribution in [3.8, 4) is 33.4 Å². The topological polar surface area (TPSA) is 26.0 Å². The highest BCUT2D eigenvalue weighted by molar-refractivity contribution is 6.23. The standard InChI is InChI=1S/C54H40.C6H7N/c1-4-5-6-7-19-36-32-34-37(35-33-36)50-40-22-10-8-20-38(40)39-21-9-11-23-41(39)52(50)43-25-18-31-49-51(43)42-24-12-13-26-44(42)54(49)47-29-16-14-27-45(47)53(2,3)46-28-15-17-30-48(46)54;7-6-4-2-1-3-5-6/h4-35H,1H2,2-3H3;1-5H,7H2/b6-5-,19-7-;. The number of benzene rings is 9. The molecule has 9 aromatic carbocycles. The average Bonchev–Trinajstić information content (AvgIpc) is 3.61. The zero-order chi connectivity index (χ0) is 41.6. The van der Waals surface area contributed by atoms with Gasteiger partial charge < -0.3 is 5.73 Å². The number of fused-ring (bicyclic) bond motifs is 12. The summed E-state index contributed by atoms with van der Waals surface area (Å²) in [5.74, 6) is 0. The predicted octanol–water partition coefficient (Wildman–Crippen LogP) is 15.4. The molecule has 292 valence electrons. The van der Waals surface area contributed by atoms with E-state index in [1.807, 2.05) is 42.5 Å². The van der Waals surface area contributed by atoms with Crippen molar-refractivity contribution in [2.75, 3.05) is 5.73 Å². The Morgan fingerprint density at radius 3 is 1.48 bits per heavy atom. The first kappa shape index (κ1) is 37.8. The van der Waals surface area contributed by atoms with E-state index >= 15 is 0 Å². The van der Waals surface area contributed by atoms with Gasteiger partial charge in [-0.05, 0) is 106 Å². The van der Waals surface area contributed by atoms with Crippen LogP contribution in [0.25, 0.3) is 61.0 Å². The molecule has 1 heteroatoms. The first-order valence-corrected chi connectivity index (χ1v) is 21.2. The highest BCUT2D eigenvalue weighted by atomic mass is 14.5. The fourth-order valence-electron chi connectivity index (χ4n) is 10.4. The van der Waals surface area contributed by atoms with Gasteiger partial charge in [-0.1, -0.05) is 233 Å². The molecule has 1 nitrogen and oxygen atoms in total. The number of rotatable bonds is 5. The molecule has 0 fully saturated rings. The Labute approximate surface area is 359 Å². The Morgan fingerprint density at radius 1 is 0.393 bits per heavy atom. The van der Waals surface area contributed by atoms with Crippen molar-refractivity contribution < 1.29 is 0 Å². The minimum atomic E-state index is -0.453. The molecular weight excluding hydrogens is 735 g/mol. The summed E-state index contributed by atoms with van der Waals surface area (Å²) in [6.45, 7) is 8.58. The van der Waals surface area contributed by atoms with Crippen molar-refractivity contribution in [2.24, 2.45) is 0 Å². The molecule has 11 rings (SSSR count). The number of hydrogen-bond acceptors (Lipinski definition) is 1. The molecule has 0 aliphatic heterocycles. The van der Waals surface area contributed by atoms with Crippen LogP contribution in [-0.4, -0.2) is 0 Å². The number of nitrogen functional groups attached to an aromatic ring is 1. The first-order chi connectivity index (χ1) is 29.9. The normalized spacial score (nSPS) is 14.0. The summed E-state index contributed by atoms with van der Waals surface area (Å²) in [6.07, 6.45) is 9.97. The lowest BCUT2D eigenvalue weighted by Crippen LogP contribution is -2.40. The molecule has 0 saturated carbocycles. The lowest BCUT2D eigenvalue weighted by Gasteiger charge is -2.46. The number of para-hydroxylation sites is 1. The summed E-state index contributed by atoms with van der Waals surface area (Å²) in [5, 5.41) is 5.07. The Balaban J connectivity index is 0.000000581. The molecule has 9 aromatic rings. The van der Waals surface area contributed by atoms with Crippen LogP contribution in [-0.2, 0) is 10.8 Å². The predicted molar refractivity (Wildman–Crippen MR) is 261 cm³/mol. The van der Waals surface area contributed by atoms with E-state index in [1.165, 1.54) is 88.3 Å². The number of anilines is 1. The smallest absolute Gasteiger partial charge is 0.0719 e. The molecule has 0 unspecified atom stereocenters. The minimum absolute atomic E-state index is 0.140. The van der Waals surface area contributed by atoms with E-state index in [-0.39, 0.29) is 5.41 Å². The molecule has 61 heavy (non-hydrogen) atoms. The van der Waals surface area contributed by atoms with Gasteiger partial charge in [-0.15, -0.1) is 0 Å². The molecule has 0 heterocycles. The van der Waals surface area contributed by atoms with Crippen molar-refractivity contribution in [3.05, 3.63) is 264 Å². The van der Waals surface area contributed by atoms with Crippen molar-refractivity contribution in [1.29, 1.82) is 0 Å². The maximum Gasteiger partial charge on any atom is 0.0719 e. The van der Waals surface area contributed by atoms with E-state index in [2.05, 4.69) is 196 Å². The van der Waals surface area contributed by atoms with Gasteiger partial charge in [0.1, 0.15) is 0 Å². The first-order valence-electron chi connectivity index (χ1n) is 21.2. The SMILES string of the molecule is C=C/C=C\C=C/c1ccc(-c2c(-c3cccc4c3-c3ccccc3C43c4ccccc4C(C)(C)c4ccccc43)c3ccccc3c3ccccc23)cc1.Nc1ccccc1. The molecular formula is C60H47N. The summed E-state index contributed by atoms with van der Waals surface area (Å²) in [6, 6.07) is 71.2. The Kier molecular flexibility index (Phi) is 9.46. The molecule has 0 radical (unpaired) electrons. The van der Waals surface area contributed by atoms with E-state index in [9.17, 15) is 0 Å². The Bertz CT molecular complexity index is 3130. The molecule has 0 aromatic heterocycles. The van der Waals surface area contributed by atoms with E-state index in [4.69, 9.17) is 5.73 Å². The fourth-order valence-corrected chi connectivity index (χ4v) is 10.4. The second-order valence-electron chi connectivity index (χ2n) is 16.6. The zero-order valence-corrected chi connectivity index (χ0v) is 34.6. The molecule has 2 aliphatic rings. The van der Waals surface area contributed by atoms with Gasteiger partial charge in [-0.25, -0.2) is 0 Å². The van der Waals surface area contributed by atoms with Crippen molar-refractivity contribution in [2.45, 2.75) is 24.7 Å². The van der Waals surface area contributed by atoms with E-state index in [1.54, 1.807) is 6.08 Å². The molecule has 0 saturated heterocycles. The molecule has 0 bridgehead atoms. The summed E-state index contributed by atoms with van der Waals surface area (Å²) in [4.78, 5) is 0. The van der Waals surface area contributed by atoms with E-state index < -0.39 is 5.41 Å². The lowest BCUT2D eigenvalue weighted by atomic mass is 9.55. The quantitative estimate of drug-likeness (QED) is 0.105. The minimum Gasteiger partial charge on any atom is -0.399 e. The van der Waals surface area contributed by atoms with Crippen LogP contribution in [0, 0.1) is 0 Å². The molecule has 2 aliphatic carbocycles. The summed E-state index contributed by atoms with van der Waals surface area (Å²) >= 11 is 0. The van der Waals surface area contributed by atoms with E-state index in [0.29, 0.717) is 0 Å². The summed E-state index contributed by atoms with van der Waals surface area (Å²) in [7, 11) is 0. The van der Waals surface area contributed by atoms with Gasteiger partial charge in [-0.3, -0.25) is 0 Å². The van der Waals surface area contributed by atoms with Crippen LogP contribution < -0.4 is 5.73 Å². The third kappa shape index (κ3) is 6.00. The maximum absolute atomic E-state index is 5.36. The summed E-state index contributed by atoms with van der Waals surface area (Å²) < 4.78 is 0. The third-order valence-electron chi connectivity index (χ3n) is 12.9. The van der Waals surface area contributed by atoms with Gasteiger partial charge in [0.2, 0.25) is 0 Å². The largest absolute Gasteiger partial charge is 0.399 e. The van der Waals surface area contributed by atoms with E-state index in [0.717, 1.165) is 11.3 Å². The maximum atomic E-state index is 5.36. The van der Waals surface area contributed by atoms with Crippen LogP contribution in [0.1, 0.15) is 52.8 Å². The molecule has 0 amide bonds. The lowest BCUT2D eigenvalue weighted by molar-refractivity contribution is 0.563. The van der Waals surface area contributed by atoms with Gasteiger partial charge in [0.05, 0.1) is 5.41 Å². The Morgan fingerprint density at radius 2 is 0.885 bits per heavy atom. The van der Waals surface area contributed by atoms with Crippen LogP contribution in [0.5, 0.6) is 0 Å². The van der Waals surface area contributed by atoms with Crippen molar-refractivity contribution in [3.63, 3.8) is 0 Å². The van der Waals surface area contributed by atoms with Crippen LogP contribution in [0.2, 0.25) is 0 Å². The Hall–Kier alpha value is -7.48. The van der Waals surface area contributed by atoms with Gasteiger partial charge in [0.25, 0.3) is 0 Å².